The van der Waals surface area contributed by atoms with Gasteiger partial charge in [-0.25, -0.2) is 0 Å². The van der Waals surface area contributed by atoms with Crippen molar-refractivity contribution < 1.29 is 0 Å². The summed E-state index contributed by atoms with van der Waals surface area (Å²) in [6.07, 6.45) is 1.08. The molecule has 0 bridgehead atoms. The van der Waals surface area contributed by atoms with Crippen LogP contribution >= 0.6 is 0 Å². The number of fused-ring (bicyclic) bond motifs is 2. The number of nitrogens with zero attached hydrogens (tertiary/aromatic N) is 2. The second-order valence-electron chi connectivity index (χ2n) is 11.3. The highest BCUT2D eigenvalue weighted by Crippen LogP contribution is 2.47. The molecule has 198 valence electrons. The van der Waals surface area contributed by atoms with Gasteiger partial charge < -0.3 is 9.80 Å². The molecule has 8 aromatic rings. The van der Waals surface area contributed by atoms with Crippen molar-refractivity contribution in [3.8, 4) is 0 Å². The fourth-order valence-electron chi connectivity index (χ4n) is 7.18. The highest BCUT2D eigenvalue weighted by Gasteiger charge is 2.24. The Morgan fingerprint density at radius 2 is 1.10 bits per heavy atom. The maximum atomic E-state index is 2.51. The Kier molecular flexibility index (Phi) is 5.06. The van der Waals surface area contributed by atoms with Gasteiger partial charge >= 0.3 is 0 Å². The first-order chi connectivity index (χ1) is 20.8. The highest BCUT2D eigenvalue weighted by molar-refractivity contribution is 6.28. The molecule has 0 saturated heterocycles. The van der Waals surface area contributed by atoms with E-state index in [4.69, 9.17) is 0 Å². The van der Waals surface area contributed by atoms with Gasteiger partial charge in [0.2, 0.25) is 0 Å². The monoisotopic (exact) mass is 536 g/mol. The van der Waals surface area contributed by atoms with Crippen molar-refractivity contribution >= 4 is 71.5 Å². The van der Waals surface area contributed by atoms with Gasteiger partial charge in [0.05, 0.1) is 11.4 Å². The third-order valence-electron chi connectivity index (χ3n) is 9.06. The molecule has 2 nitrogen and oxygen atoms in total. The molecular weight excluding hydrogens is 508 g/mol. The Bertz CT molecular complexity index is 2260. The second-order valence-corrected chi connectivity index (χ2v) is 11.3. The molecule has 0 saturated carbocycles. The molecule has 0 amide bonds. The van der Waals surface area contributed by atoms with Crippen LogP contribution in [0.3, 0.4) is 0 Å². The predicted octanol–water partition coefficient (Wildman–Crippen LogP) is 10.9. The van der Waals surface area contributed by atoms with Crippen LogP contribution in [-0.4, -0.2) is 6.54 Å². The number of hydrogen-bond donors (Lipinski definition) is 0. The Labute approximate surface area is 245 Å². The normalized spacial score (nSPS) is 13.0. The summed E-state index contributed by atoms with van der Waals surface area (Å²) < 4.78 is 0. The van der Waals surface area contributed by atoms with Gasteiger partial charge in [0, 0.05) is 39.8 Å². The lowest BCUT2D eigenvalue weighted by Gasteiger charge is -2.29. The molecule has 1 heterocycles. The molecule has 9 rings (SSSR count). The first-order valence-corrected chi connectivity index (χ1v) is 14.7. The number of hydrogen-bond acceptors (Lipinski definition) is 2. The smallest absolute Gasteiger partial charge is 0.0540 e. The van der Waals surface area contributed by atoms with Gasteiger partial charge in [-0.05, 0) is 75.3 Å². The molecule has 0 aliphatic carbocycles. The van der Waals surface area contributed by atoms with E-state index in [0.717, 1.165) is 18.7 Å². The minimum Gasteiger partial charge on any atom is -0.340 e. The summed E-state index contributed by atoms with van der Waals surface area (Å²) in [7, 11) is 0. The van der Waals surface area contributed by atoms with Gasteiger partial charge in [0.1, 0.15) is 0 Å². The van der Waals surface area contributed by atoms with E-state index in [9.17, 15) is 0 Å². The zero-order valence-corrected chi connectivity index (χ0v) is 23.2. The molecular formula is C40H28N2. The molecule has 0 unspecified atom stereocenters. The van der Waals surface area contributed by atoms with Gasteiger partial charge in [-0.2, -0.15) is 0 Å². The Morgan fingerprint density at radius 1 is 0.429 bits per heavy atom. The molecule has 0 spiro atoms. The number of rotatable bonds is 4. The quantitative estimate of drug-likeness (QED) is 0.206. The van der Waals surface area contributed by atoms with E-state index in [1.807, 2.05) is 0 Å². The highest BCUT2D eigenvalue weighted by atomic mass is 15.2. The lowest BCUT2D eigenvalue weighted by Crippen LogP contribution is -2.13. The molecule has 42 heavy (non-hydrogen) atoms. The lowest BCUT2D eigenvalue weighted by atomic mass is 9.92. The average molecular weight is 537 g/mol. The zero-order valence-electron chi connectivity index (χ0n) is 23.2. The standard InChI is InChI=1S/C40H28N2/c1-2-12-31(13-3-1)42(37-16-8-11-27-9-4-6-14-32(27)37)38-24-20-30-17-21-33-36(41-26-25-28-10-5-7-15-35(28)41)23-19-29-18-22-34(38)40(30)39(29)33/h1-24H,25-26H2. The first-order valence-electron chi connectivity index (χ1n) is 14.7. The summed E-state index contributed by atoms with van der Waals surface area (Å²) in [4.78, 5) is 4.94. The molecule has 0 radical (unpaired) electrons. The van der Waals surface area contributed by atoms with Gasteiger partial charge in [-0.1, -0.05) is 109 Å². The fourth-order valence-corrected chi connectivity index (χ4v) is 7.18. The molecule has 0 atom stereocenters. The maximum absolute atomic E-state index is 2.51. The minimum atomic E-state index is 1.01. The maximum Gasteiger partial charge on any atom is 0.0540 e. The van der Waals surface area contributed by atoms with Gasteiger partial charge in [-0.15, -0.1) is 0 Å². The van der Waals surface area contributed by atoms with Crippen LogP contribution in [-0.2, 0) is 6.42 Å². The van der Waals surface area contributed by atoms with Crippen LogP contribution in [0.2, 0.25) is 0 Å². The van der Waals surface area contributed by atoms with Crippen molar-refractivity contribution in [3.63, 3.8) is 0 Å². The summed E-state index contributed by atoms with van der Waals surface area (Å²) in [5, 5.41) is 10.3. The van der Waals surface area contributed by atoms with Crippen molar-refractivity contribution in [1.82, 2.24) is 0 Å². The van der Waals surface area contributed by atoms with Crippen LogP contribution in [0.5, 0.6) is 0 Å². The fraction of sp³-hybridized carbons (Fsp3) is 0.0500. The van der Waals surface area contributed by atoms with E-state index in [2.05, 4.69) is 155 Å². The van der Waals surface area contributed by atoms with Crippen LogP contribution in [0.4, 0.5) is 28.4 Å². The molecule has 8 aromatic carbocycles. The topological polar surface area (TPSA) is 6.48 Å². The Morgan fingerprint density at radius 3 is 2.00 bits per heavy atom. The van der Waals surface area contributed by atoms with Crippen LogP contribution < -0.4 is 9.80 Å². The van der Waals surface area contributed by atoms with Crippen molar-refractivity contribution in [1.29, 1.82) is 0 Å². The van der Waals surface area contributed by atoms with Crippen LogP contribution in [0, 0.1) is 0 Å². The first kappa shape index (κ1) is 23.4. The van der Waals surface area contributed by atoms with E-state index in [-0.39, 0.29) is 0 Å². The van der Waals surface area contributed by atoms with Gasteiger partial charge in [0.15, 0.2) is 0 Å². The summed E-state index contributed by atoms with van der Waals surface area (Å²) in [6.45, 7) is 1.01. The van der Waals surface area contributed by atoms with E-state index in [1.165, 1.54) is 71.4 Å². The molecule has 2 heteroatoms. The average Bonchev–Trinajstić information content (AvgIpc) is 3.49. The number of benzene rings is 8. The third-order valence-corrected chi connectivity index (χ3v) is 9.06. The van der Waals surface area contributed by atoms with Crippen molar-refractivity contribution in [2.24, 2.45) is 0 Å². The predicted molar refractivity (Wildman–Crippen MR) is 179 cm³/mol. The molecule has 1 aliphatic heterocycles. The number of anilines is 5. The molecule has 0 N–H and O–H groups in total. The summed E-state index contributed by atoms with van der Waals surface area (Å²) in [5.74, 6) is 0. The summed E-state index contributed by atoms with van der Waals surface area (Å²) >= 11 is 0. The molecule has 1 aliphatic rings. The van der Waals surface area contributed by atoms with Crippen molar-refractivity contribution in [3.05, 3.63) is 151 Å². The second kappa shape index (κ2) is 9.09. The third kappa shape index (κ3) is 3.39. The van der Waals surface area contributed by atoms with Crippen LogP contribution in [0.1, 0.15) is 5.56 Å². The van der Waals surface area contributed by atoms with E-state index in [0.29, 0.717) is 0 Å². The van der Waals surface area contributed by atoms with Crippen molar-refractivity contribution in [2.75, 3.05) is 16.3 Å². The van der Waals surface area contributed by atoms with Gasteiger partial charge in [-0.3, -0.25) is 0 Å². The van der Waals surface area contributed by atoms with E-state index < -0.39 is 0 Å². The number of para-hydroxylation sites is 2. The summed E-state index contributed by atoms with van der Waals surface area (Å²) in [6, 6.07) is 53.4. The van der Waals surface area contributed by atoms with E-state index >= 15 is 0 Å². The van der Waals surface area contributed by atoms with Crippen molar-refractivity contribution in [2.45, 2.75) is 6.42 Å². The van der Waals surface area contributed by atoms with Crippen LogP contribution in [0.25, 0.3) is 43.1 Å². The van der Waals surface area contributed by atoms with Gasteiger partial charge in [0.25, 0.3) is 0 Å². The lowest BCUT2D eigenvalue weighted by molar-refractivity contribution is 1.00. The SMILES string of the molecule is c1ccc(N(c2cccc3ccccc23)c2ccc3ccc4c(N5CCc6ccccc65)ccc5ccc2c3c54)cc1. The summed E-state index contributed by atoms with van der Waals surface area (Å²) in [5.41, 5.74) is 7.58. The van der Waals surface area contributed by atoms with E-state index in [1.54, 1.807) is 0 Å². The Balaban J connectivity index is 1.33. The minimum absolute atomic E-state index is 1.01. The molecule has 0 aromatic heterocycles. The molecule has 0 fully saturated rings. The van der Waals surface area contributed by atoms with Crippen LogP contribution in [0.15, 0.2) is 146 Å². The largest absolute Gasteiger partial charge is 0.340 e. The zero-order chi connectivity index (χ0) is 27.6. The Hall–Kier alpha value is -5.34.